The van der Waals surface area contributed by atoms with Crippen molar-refractivity contribution >= 4 is 5.97 Å². The fourth-order valence-electron chi connectivity index (χ4n) is 4.74. The molecule has 2 aromatic rings. The summed E-state index contributed by atoms with van der Waals surface area (Å²) in [4.78, 5) is 14.4. The Hall–Kier alpha value is -2.93. The molecule has 0 bridgehead atoms. The Morgan fingerprint density at radius 1 is 1.10 bits per heavy atom. The van der Waals surface area contributed by atoms with Gasteiger partial charge in [0.25, 0.3) is 0 Å². The van der Waals surface area contributed by atoms with Crippen LogP contribution in [0.2, 0.25) is 0 Å². The molecule has 152 valence electrons. The number of nitrogens with zero attached hydrogens (tertiary/aromatic N) is 1. The zero-order chi connectivity index (χ0) is 20.1. The van der Waals surface area contributed by atoms with Crippen LogP contribution in [0.3, 0.4) is 0 Å². The maximum Gasteiger partial charge on any atom is 0.303 e. The van der Waals surface area contributed by atoms with Crippen molar-refractivity contribution < 1.29 is 28.5 Å². The van der Waals surface area contributed by atoms with Crippen molar-refractivity contribution in [1.29, 1.82) is 0 Å². The van der Waals surface area contributed by atoms with Crippen LogP contribution in [-0.4, -0.2) is 38.4 Å². The van der Waals surface area contributed by atoms with Crippen LogP contribution in [0.4, 0.5) is 0 Å². The Labute approximate surface area is 169 Å². The Morgan fingerprint density at radius 3 is 2.62 bits per heavy atom. The third-order valence-electron chi connectivity index (χ3n) is 5.95. The van der Waals surface area contributed by atoms with E-state index in [9.17, 15) is 4.79 Å². The van der Waals surface area contributed by atoms with E-state index in [0.29, 0.717) is 18.0 Å². The normalized spacial score (nSPS) is 21.6. The second-order valence-electron chi connectivity index (χ2n) is 7.47. The maximum absolute atomic E-state index is 12.0. The smallest absolute Gasteiger partial charge is 0.303 e. The lowest BCUT2D eigenvalue weighted by Gasteiger charge is -2.45. The number of rotatable bonds is 3. The average Bonchev–Trinajstić information content (AvgIpc) is 3.17. The second kappa shape index (κ2) is 6.84. The van der Waals surface area contributed by atoms with Crippen LogP contribution in [0, 0.1) is 0 Å². The summed E-state index contributed by atoms with van der Waals surface area (Å²) in [5, 5.41) is 0. The van der Waals surface area contributed by atoms with Gasteiger partial charge in [0.2, 0.25) is 6.79 Å². The summed E-state index contributed by atoms with van der Waals surface area (Å²) in [5.41, 5.74) is 4.27. The van der Waals surface area contributed by atoms with Gasteiger partial charge in [0, 0.05) is 31.1 Å². The van der Waals surface area contributed by atoms with Crippen LogP contribution in [0.25, 0.3) is 0 Å². The third kappa shape index (κ3) is 2.80. The molecule has 3 aliphatic rings. The highest BCUT2D eigenvalue weighted by Crippen LogP contribution is 2.52. The van der Waals surface area contributed by atoms with Gasteiger partial charge in [0.15, 0.2) is 23.0 Å². The first-order valence-electron chi connectivity index (χ1n) is 9.68. The monoisotopic (exact) mass is 397 g/mol. The predicted octanol–water partition coefficient (Wildman–Crippen LogP) is 3.15. The number of methoxy groups -OCH3 is 2. The lowest BCUT2D eigenvalue weighted by Crippen LogP contribution is -2.43. The highest BCUT2D eigenvalue weighted by atomic mass is 16.7. The SMILES string of the molecule is COc1ccc2c(c1OC)CN1CCc3cc4c(cc3[C@@H]1[C@H]2OC(C)=O)OCO4. The van der Waals surface area contributed by atoms with Crippen molar-refractivity contribution in [2.24, 2.45) is 0 Å². The van der Waals surface area contributed by atoms with Crippen LogP contribution in [0.5, 0.6) is 23.0 Å². The molecule has 0 N–H and O–H groups in total. The van der Waals surface area contributed by atoms with E-state index in [0.717, 1.165) is 41.2 Å². The number of hydrogen-bond acceptors (Lipinski definition) is 7. The quantitative estimate of drug-likeness (QED) is 0.737. The first-order valence-corrected chi connectivity index (χ1v) is 9.68. The number of fused-ring (bicyclic) bond motifs is 5. The number of carbonyl (C=O) groups is 1. The molecule has 0 unspecified atom stereocenters. The van der Waals surface area contributed by atoms with Crippen LogP contribution >= 0.6 is 0 Å². The summed E-state index contributed by atoms with van der Waals surface area (Å²) in [6.07, 6.45) is 0.437. The Morgan fingerprint density at radius 2 is 1.90 bits per heavy atom. The average molecular weight is 397 g/mol. The van der Waals surface area contributed by atoms with Crippen molar-refractivity contribution in [2.75, 3.05) is 27.6 Å². The molecule has 0 radical (unpaired) electrons. The standard InChI is InChI=1S/C22H23NO6/c1-12(24)29-22-14-4-5-17(25-2)21(26-3)16(14)10-23-7-6-13-8-18-19(28-11-27-18)9-15(13)20(22)23/h4-5,8-9,20,22H,6-7,10-11H2,1-3H3/t20-,22+/m1/s1. The fourth-order valence-corrected chi connectivity index (χ4v) is 4.74. The molecule has 0 saturated heterocycles. The van der Waals surface area contributed by atoms with Crippen molar-refractivity contribution in [3.8, 4) is 23.0 Å². The fraction of sp³-hybridized carbons (Fsp3) is 0.409. The zero-order valence-corrected chi connectivity index (χ0v) is 16.7. The molecule has 0 aliphatic carbocycles. The molecular weight excluding hydrogens is 374 g/mol. The number of carbonyl (C=O) groups excluding carboxylic acids is 1. The largest absolute Gasteiger partial charge is 0.493 e. The summed E-state index contributed by atoms with van der Waals surface area (Å²) >= 11 is 0. The Bertz CT molecular complexity index is 988. The number of hydrogen-bond donors (Lipinski definition) is 0. The second-order valence-corrected chi connectivity index (χ2v) is 7.47. The van der Waals surface area contributed by atoms with Gasteiger partial charge in [-0.05, 0) is 35.7 Å². The minimum atomic E-state index is -0.449. The van der Waals surface area contributed by atoms with Crippen LogP contribution in [0.1, 0.15) is 41.3 Å². The molecule has 2 atom stereocenters. The van der Waals surface area contributed by atoms with Crippen LogP contribution < -0.4 is 18.9 Å². The van der Waals surface area contributed by atoms with E-state index in [4.69, 9.17) is 23.7 Å². The van der Waals surface area contributed by atoms with E-state index < -0.39 is 6.10 Å². The van der Waals surface area contributed by atoms with E-state index >= 15 is 0 Å². The third-order valence-corrected chi connectivity index (χ3v) is 5.95. The molecule has 0 spiro atoms. The van der Waals surface area contributed by atoms with E-state index in [-0.39, 0.29) is 18.8 Å². The van der Waals surface area contributed by atoms with E-state index in [1.165, 1.54) is 12.5 Å². The minimum absolute atomic E-state index is 0.0947. The molecule has 7 heteroatoms. The predicted molar refractivity (Wildman–Crippen MR) is 103 cm³/mol. The van der Waals surface area contributed by atoms with E-state index in [1.54, 1.807) is 14.2 Å². The van der Waals surface area contributed by atoms with Gasteiger partial charge >= 0.3 is 5.97 Å². The topological polar surface area (TPSA) is 66.5 Å². The summed E-state index contributed by atoms with van der Waals surface area (Å²) in [6.45, 7) is 3.21. The first-order chi connectivity index (χ1) is 14.1. The molecule has 0 fully saturated rings. The summed E-state index contributed by atoms with van der Waals surface area (Å²) < 4.78 is 28.2. The van der Waals surface area contributed by atoms with Crippen molar-refractivity contribution in [1.82, 2.24) is 4.90 Å². The minimum Gasteiger partial charge on any atom is -0.493 e. The van der Waals surface area contributed by atoms with Gasteiger partial charge in [-0.3, -0.25) is 9.69 Å². The van der Waals surface area contributed by atoms with Gasteiger partial charge in [-0.25, -0.2) is 0 Å². The molecule has 29 heavy (non-hydrogen) atoms. The molecule has 0 saturated carbocycles. The maximum atomic E-state index is 12.0. The van der Waals surface area contributed by atoms with E-state index in [2.05, 4.69) is 11.0 Å². The molecule has 5 rings (SSSR count). The summed E-state index contributed by atoms with van der Waals surface area (Å²) in [7, 11) is 3.26. The lowest BCUT2D eigenvalue weighted by molar-refractivity contribution is -0.152. The molecule has 0 amide bonds. The number of ether oxygens (including phenoxy) is 5. The highest BCUT2D eigenvalue weighted by molar-refractivity contribution is 5.67. The zero-order valence-electron chi connectivity index (χ0n) is 16.7. The molecule has 7 nitrogen and oxygen atoms in total. The Balaban J connectivity index is 1.67. The van der Waals surface area contributed by atoms with Crippen LogP contribution in [-0.2, 0) is 22.5 Å². The number of esters is 1. The van der Waals surface area contributed by atoms with Gasteiger partial charge in [-0.15, -0.1) is 0 Å². The highest BCUT2D eigenvalue weighted by Gasteiger charge is 2.43. The molecule has 3 heterocycles. The van der Waals surface area contributed by atoms with Crippen molar-refractivity contribution in [3.63, 3.8) is 0 Å². The Kier molecular flexibility index (Phi) is 4.28. The summed E-state index contributed by atoms with van der Waals surface area (Å²) in [6, 6.07) is 7.85. The van der Waals surface area contributed by atoms with Crippen LogP contribution in [0.15, 0.2) is 24.3 Å². The molecule has 3 aliphatic heterocycles. The molecular formula is C22H23NO6. The first kappa shape index (κ1) is 18.1. The van der Waals surface area contributed by atoms with Crippen molar-refractivity contribution in [2.45, 2.75) is 32.0 Å². The van der Waals surface area contributed by atoms with Gasteiger partial charge in [0.1, 0.15) is 6.10 Å². The molecule has 2 aromatic carbocycles. The lowest BCUT2D eigenvalue weighted by atomic mass is 9.81. The van der Waals surface area contributed by atoms with Gasteiger partial charge < -0.3 is 23.7 Å². The number of benzene rings is 2. The van der Waals surface area contributed by atoms with Gasteiger partial charge in [-0.2, -0.15) is 0 Å². The van der Waals surface area contributed by atoms with Gasteiger partial charge in [-0.1, -0.05) is 6.07 Å². The van der Waals surface area contributed by atoms with E-state index in [1.807, 2.05) is 18.2 Å². The molecule has 0 aromatic heterocycles. The van der Waals surface area contributed by atoms with Crippen molar-refractivity contribution in [3.05, 3.63) is 46.5 Å². The summed E-state index contributed by atoms with van der Waals surface area (Å²) in [5.74, 6) is 2.57. The van der Waals surface area contributed by atoms with Gasteiger partial charge in [0.05, 0.1) is 20.3 Å².